The first-order valence-electron chi connectivity index (χ1n) is 9.00. The minimum Gasteiger partial charge on any atom is -0.381 e. The zero-order valence-corrected chi connectivity index (χ0v) is 19.3. The van der Waals surface area contributed by atoms with Crippen LogP contribution < -0.4 is 5.32 Å². The van der Waals surface area contributed by atoms with Gasteiger partial charge in [-0.05, 0) is 45.1 Å². The molecule has 5 nitrogen and oxygen atoms in total. The van der Waals surface area contributed by atoms with Crippen LogP contribution in [0, 0.1) is 5.92 Å². The first-order valence-corrected chi connectivity index (χ1v) is 9.38. The summed E-state index contributed by atoms with van der Waals surface area (Å²) < 4.78 is 5.57. The molecule has 0 amide bonds. The van der Waals surface area contributed by atoms with E-state index in [0.29, 0.717) is 5.92 Å². The van der Waals surface area contributed by atoms with E-state index in [4.69, 9.17) is 16.3 Å². The van der Waals surface area contributed by atoms with E-state index in [1.54, 1.807) is 0 Å². The predicted molar refractivity (Wildman–Crippen MR) is 121 cm³/mol. The molecule has 1 fully saturated rings. The lowest BCUT2D eigenvalue weighted by Gasteiger charge is -2.28. The molecule has 1 aliphatic heterocycles. The van der Waals surface area contributed by atoms with Crippen LogP contribution in [0.1, 0.15) is 24.9 Å². The Morgan fingerprint density at radius 2 is 2.08 bits per heavy atom. The van der Waals surface area contributed by atoms with Gasteiger partial charge in [-0.2, -0.15) is 0 Å². The second-order valence-electron chi connectivity index (χ2n) is 6.72. The van der Waals surface area contributed by atoms with E-state index in [-0.39, 0.29) is 30.0 Å². The number of ether oxygens (including phenoxy) is 1. The Morgan fingerprint density at radius 3 is 2.65 bits per heavy atom. The number of hydrogen-bond acceptors (Lipinski definition) is 3. The molecule has 1 aromatic carbocycles. The van der Waals surface area contributed by atoms with Crippen LogP contribution in [0.5, 0.6) is 0 Å². The maximum atomic E-state index is 6.02. The maximum Gasteiger partial charge on any atom is 0.193 e. The maximum absolute atomic E-state index is 6.02. The Balaban J connectivity index is 0.00000338. The van der Waals surface area contributed by atoms with Crippen LogP contribution in [0.3, 0.4) is 0 Å². The lowest BCUT2D eigenvalue weighted by Crippen LogP contribution is -2.43. The van der Waals surface area contributed by atoms with E-state index in [2.05, 4.69) is 46.3 Å². The van der Waals surface area contributed by atoms with Crippen molar-refractivity contribution in [2.24, 2.45) is 10.9 Å². The predicted octanol–water partition coefficient (Wildman–Crippen LogP) is 3.49. The summed E-state index contributed by atoms with van der Waals surface area (Å²) in [5.41, 5.74) is 1.24. The van der Waals surface area contributed by atoms with E-state index in [0.717, 1.165) is 50.3 Å². The number of halogens is 2. The van der Waals surface area contributed by atoms with Crippen molar-refractivity contribution in [1.82, 2.24) is 15.1 Å². The fraction of sp³-hybridized carbons (Fsp3) is 0.632. The van der Waals surface area contributed by atoms with Crippen molar-refractivity contribution in [2.75, 3.05) is 54.0 Å². The molecule has 0 saturated carbocycles. The van der Waals surface area contributed by atoms with Crippen LogP contribution in [0.25, 0.3) is 0 Å². The summed E-state index contributed by atoms with van der Waals surface area (Å²) in [5.74, 6) is 1.57. The molecule has 1 saturated heterocycles. The molecule has 1 aliphatic rings. The highest BCUT2D eigenvalue weighted by atomic mass is 127. The van der Waals surface area contributed by atoms with Crippen LogP contribution >= 0.6 is 35.6 Å². The molecule has 1 aromatic rings. The first kappa shape index (κ1) is 23.5. The van der Waals surface area contributed by atoms with Crippen molar-refractivity contribution >= 4 is 41.5 Å². The number of aliphatic imine (C=N–C) groups is 1. The third-order valence-electron chi connectivity index (χ3n) is 4.69. The van der Waals surface area contributed by atoms with Crippen molar-refractivity contribution < 1.29 is 4.74 Å². The van der Waals surface area contributed by atoms with Crippen molar-refractivity contribution in [3.05, 3.63) is 34.9 Å². The highest BCUT2D eigenvalue weighted by Gasteiger charge is 2.25. The molecule has 1 heterocycles. The van der Waals surface area contributed by atoms with Crippen molar-refractivity contribution in [1.29, 1.82) is 0 Å². The molecule has 2 rings (SSSR count). The van der Waals surface area contributed by atoms with Crippen LogP contribution in [0.4, 0.5) is 0 Å². The Kier molecular flexibility index (Phi) is 10.8. The van der Waals surface area contributed by atoms with E-state index < -0.39 is 0 Å². The standard InChI is InChI=1S/C19H31ClN4O.HI/c1-5-25-14-15-10-11-24(13-15)19(21-2)22-12-18(23(3)4)16-6-8-17(20)9-7-16;/h6-9,15,18H,5,10-14H2,1-4H3,(H,21,22);1H. The van der Waals surface area contributed by atoms with Gasteiger partial charge in [0.25, 0.3) is 0 Å². The number of guanidine groups is 1. The summed E-state index contributed by atoms with van der Waals surface area (Å²) in [7, 11) is 6.04. The first-order chi connectivity index (χ1) is 12.0. The zero-order valence-electron chi connectivity index (χ0n) is 16.2. The molecule has 2 atom stereocenters. The van der Waals surface area contributed by atoms with Gasteiger partial charge in [0.05, 0.1) is 12.6 Å². The number of nitrogens with one attached hydrogen (secondary N) is 1. The lowest BCUT2D eigenvalue weighted by atomic mass is 10.1. The van der Waals surface area contributed by atoms with E-state index in [1.165, 1.54) is 5.56 Å². The SMILES string of the molecule is CCOCC1CCN(C(=NC)NCC(c2ccc(Cl)cc2)N(C)C)C1.I. The molecule has 2 unspecified atom stereocenters. The van der Waals surface area contributed by atoms with Gasteiger partial charge in [-0.15, -0.1) is 24.0 Å². The molecule has 1 N–H and O–H groups in total. The monoisotopic (exact) mass is 494 g/mol. The Morgan fingerprint density at radius 1 is 1.38 bits per heavy atom. The van der Waals surface area contributed by atoms with Gasteiger partial charge in [0.2, 0.25) is 0 Å². The van der Waals surface area contributed by atoms with Gasteiger partial charge >= 0.3 is 0 Å². The molecular weight excluding hydrogens is 463 g/mol. The summed E-state index contributed by atoms with van der Waals surface area (Å²) in [6.07, 6.45) is 1.16. The highest BCUT2D eigenvalue weighted by Crippen LogP contribution is 2.21. The number of hydrogen-bond donors (Lipinski definition) is 1. The minimum atomic E-state index is 0. The number of rotatable bonds is 7. The molecule has 0 radical (unpaired) electrons. The van der Waals surface area contributed by atoms with Gasteiger partial charge in [0.15, 0.2) is 5.96 Å². The molecule has 148 valence electrons. The van der Waals surface area contributed by atoms with Gasteiger partial charge in [-0.25, -0.2) is 0 Å². The summed E-state index contributed by atoms with van der Waals surface area (Å²) >= 11 is 6.02. The number of nitrogens with zero attached hydrogens (tertiary/aromatic N) is 3. The molecule has 26 heavy (non-hydrogen) atoms. The summed E-state index contributed by atoms with van der Waals surface area (Å²) in [6, 6.07) is 8.33. The Labute approximate surface area is 180 Å². The Hall–Kier alpha value is -0.570. The van der Waals surface area contributed by atoms with Crippen LogP contribution in [-0.4, -0.2) is 69.8 Å². The molecular formula is C19H32ClIN4O. The number of benzene rings is 1. The molecule has 0 aromatic heterocycles. The minimum absolute atomic E-state index is 0. The van der Waals surface area contributed by atoms with Crippen molar-refractivity contribution in [3.8, 4) is 0 Å². The second-order valence-corrected chi connectivity index (χ2v) is 7.16. The second kappa shape index (κ2) is 12.0. The van der Waals surface area contributed by atoms with E-state index in [9.17, 15) is 0 Å². The average molecular weight is 495 g/mol. The average Bonchev–Trinajstić information content (AvgIpc) is 3.06. The largest absolute Gasteiger partial charge is 0.381 e. The van der Waals surface area contributed by atoms with Crippen LogP contribution in [0.15, 0.2) is 29.3 Å². The number of likely N-dealkylation sites (tertiary alicyclic amines) is 1. The van der Waals surface area contributed by atoms with Crippen LogP contribution in [-0.2, 0) is 4.74 Å². The van der Waals surface area contributed by atoms with Gasteiger partial charge in [0, 0.05) is 44.2 Å². The topological polar surface area (TPSA) is 40.1 Å². The van der Waals surface area contributed by atoms with Crippen molar-refractivity contribution in [3.63, 3.8) is 0 Å². The lowest BCUT2D eigenvalue weighted by molar-refractivity contribution is 0.114. The molecule has 0 spiro atoms. The third kappa shape index (κ3) is 6.87. The highest BCUT2D eigenvalue weighted by molar-refractivity contribution is 14.0. The Bertz CT molecular complexity index is 553. The van der Waals surface area contributed by atoms with Gasteiger partial charge in [-0.1, -0.05) is 23.7 Å². The van der Waals surface area contributed by atoms with Gasteiger partial charge < -0.3 is 19.9 Å². The quantitative estimate of drug-likeness (QED) is 0.358. The van der Waals surface area contributed by atoms with Gasteiger partial charge in [-0.3, -0.25) is 4.99 Å². The number of likely N-dealkylation sites (N-methyl/N-ethyl adjacent to an activating group) is 1. The normalized spacial score (nSPS) is 18.8. The van der Waals surface area contributed by atoms with Crippen LogP contribution in [0.2, 0.25) is 5.02 Å². The fourth-order valence-corrected chi connectivity index (χ4v) is 3.38. The summed E-state index contributed by atoms with van der Waals surface area (Å²) in [6.45, 7) is 6.52. The molecule has 7 heteroatoms. The smallest absolute Gasteiger partial charge is 0.193 e. The van der Waals surface area contributed by atoms with E-state index >= 15 is 0 Å². The van der Waals surface area contributed by atoms with E-state index in [1.807, 2.05) is 26.1 Å². The van der Waals surface area contributed by atoms with Gasteiger partial charge in [0.1, 0.15) is 0 Å². The molecule has 0 bridgehead atoms. The summed E-state index contributed by atoms with van der Waals surface area (Å²) in [5, 5.41) is 4.31. The zero-order chi connectivity index (χ0) is 18.2. The third-order valence-corrected chi connectivity index (χ3v) is 4.94. The van der Waals surface area contributed by atoms with Crippen molar-refractivity contribution in [2.45, 2.75) is 19.4 Å². The molecule has 0 aliphatic carbocycles. The summed E-state index contributed by atoms with van der Waals surface area (Å²) in [4.78, 5) is 9.02. The fourth-order valence-electron chi connectivity index (χ4n) is 3.25.